The van der Waals surface area contributed by atoms with Gasteiger partial charge in [0.15, 0.2) is 0 Å². The molecule has 19 heteroatoms. The van der Waals surface area contributed by atoms with E-state index in [1.165, 1.54) is 103 Å². The van der Waals surface area contributed by atoms with Crippen molar-refractivity contribution in [3.8, 4) is 0 Å². The molecule has 0 saturated heterocycles. The molecule has 0 aliphatic carbocycles. The van der Waals surface area contributed by atoms with Crippen LogP contribution in [0.15, 0.2) is 0 Å². The van der Waals surface area contributed by atoms with Crippen LogP contribution >= 0.6 is 33.0 Å². The number of hydrogen-bond acceptors (Lipinski definition) is 11. The van der Waals surface area contributed by atoms with Gasteiger partial charge >= 0.3 is 151 Å². The molecule has 0 fully saturated rings. The molecule has 0 aromatic heterocycles. The van der Waals surface area contributed by atoms with Gasteiger partial charge in [0, 0.05) is 6.61 Å². The van der Waals surface area contributed by atoms with Gasteiger partial charge < -0.3 is 24.7 Å². The Morgan fingerprint density at radius 1 is 0.462 bits per heavy atom. The van der Waals surface area contributed by atoms with E-state index < -0.39 is 33.0 Å². The van der Waals surface area contributed by atoms with Gasteiger partial charge in [-0.15, -0.1) is 0 Å². The molecule has 0 spiro atoms. The summed E-state index contributed by atoms with van der Waals surface area (Å²) in [6.45, 7) is 2.66. The zero-order valence-electron chi connectivity index (χ0n) is 24.0. The molecule has 0 aromatic rings. The van der Waals surface area contributed by atoms with Gasteiger partial charge in [-0.1, -0.05) is 117 Å². The van der Waals surface area contributed by atoms with Crippen molar-refractivity contribution < 1.29 is 170 Å². The Kier molecular flexibility index (Phi) is 86.8. The Labute approximate surface area is 328 Å². The van der Waals surface area contributed by atoms with Crippen molar-refractivity contribution in [2.24, 2.45) is 0 Å². The van der Waals surface area contributed by atoms with E-state index in [-0.39, 0.29) is 126 Å². The number of aliphatic hydroxyl groups is 1. The molecular formula is C20H44Na4O11P4+4. The fraction of sp³-hybridized carbons (Fsp3) is 1.00. The van der Waals surface area contributed by atoms with Crippen LogP contribution in [0.2, 0.25) is 0 Å². The van der Waals surface area contributed by atoms with Crippen molar-refractivity contribution in [2.45, 2.75) is 124 Å². The molecule has 0 bridgehead atoms. The van der Waals surface area contributed by atoms with Crippen LogP contribution in [0.5, 0.6) is 0 Å². The van der Waals surface area contributed by atoms with Gasteiger partial charge in [-0.3, -0.25) is 0 Å². The van der Waals surface area contributed by atoms with Crippen LogP contribution in [-0.4, -0.2) is 11.7 Å². The van der Waals surface area contributed by atoms with Crippen LogP contribution in [0.1, 0.15) is 124 Å². The van der Waals surface area contributed by atoms with Crippen molar-refractivity contribution in [1.82, 2.24) is 0 Å². The fourth-order valence-corrected chi connectivity index (χ4v) is 3.82. The maximum absolute atomic E-state index is 9.24. The van der Waals surface area contributed by atoms with Crippen molar-refractivity contribution in [3.05, 3.63) is 0 Å². The van der Waals surface area contributed by atoms with Crippen molar-refractivity contribution in [2.75, 3.05) is 6.61 Å². The summed E-state index contributed by atoms with van der Waals surface area (Å²) >= 11 is 0. The summed E-state index contributed by atoms with van der Waals surface area (Å²) in [6.07, 6.45) is 23.7. The summed E-state index contributed by atoms with van der Waals surface area (Å²) in [5.74, 6) is 0. The van der Waals surface area contributed by atoms with Crippen LogP contribution in [0.3, 0.4) is 0 Å². The summed E-state index contributed by atoms with van der Waals surface area (Å²) < 4.78 is 43.3. The zero-order chi connectivity index (χ0) is 26.5. The third-order valence-electron chi connectivity index (χ3n) is 4.53. The summed E-state index contributed by atoms with van der Waals surface area (Å²) in [5, 5.41) is 8.68. The monoisotopic (exact) mass is 676 g/mol. The van der Waals surface area contributed by atoms with E-state index in [2.05, 4.69) is 15.5 Å². The summed E-state index contributed by atoms with van der Waals surface area (Å²) in [6, 6.07) is 0. The molecule has 0 saturated carbocycles. The van der Waals surface area contributed by atoms with E-state index in [9.17, 15) is 37.8 Å². The first-order valence-corrected chi connectivity index (χ1v) is 16.1. The molecule has 39 heavy (non-hydrogen) atoms. The first-order valence-electron chi connectivity index (χ1n) is 11.7. The Bertz CT molecular complexity index is 462. The third kappa shape index (κ3) is 80.0. The Morgan fingerprint density at radius 3 is 0.769 bits per heavy atom. The minimum absolute atomic E-state index is 0. The smallest absolute Gasteiger partial charge is 0.563 e. The molecule has 0 aliphatic heterocycles. The molecule has 1 N–H and O–H groups in total. The zero-order valence-corrected chi connectivity index (χ0v) is 35.6. The second-order valence-electron chi connectivity index (χ2n) is 7.44. The Balaban J connectivity index is -0.0000000710. The van der Waals surface area contributed by atoms with Gasteiger partial charge in [0.05, 0.1) is 0 Å². The number of aliphatic hydroxyl groups excluding tert-OH is 1. The summed E-state index contributed by atoms with van der Waals surface area (Å²) in [4.78, 5) is 37.0. The molecule has 0 heterocycles. The van der Waals surface area contributed by atoms with Gasteiger partial charge in [0.1, 0.15) is 8.62 Å². The van der Waals surface area contributed by atoms with Crippen molar-refractivity contribution >= 4 is 33.0 Å². The predicted molar refractivity (Wildman–Crippen MR) is 131 cm³/mol. The largest absolute Gasteiger partial charge is 1.00 e. The average molecular weight is 676 g/mol. The van der Waals surface area contributed by atoms with Gasteiger partial charge in [0.25, 0.3) is 0 Å². The molecule has 0 radical (unpaired) electrons. The average Bonchev–Trinajstić information content (AvgIpc) is 2.72. The number of unbranched alkanes of at least 4 members (excludes halogenated alkanes) is 16. The summed E-state index contributed by atoms with van der Waals surface area (Å²) in [7, 11) is -12.9. The van der Waals surface area contributed by atoms with Gasteiger partial charge in [0.2, 0.25) is 0 Å². The quantitative estimate of drug-likeness (QED) is 0.0689. The van der Waals surface area contributed by atoms with E-state index >= 15 is 0 Å². The van der Waals surface area contributed by atoms with E-state index in [0.29, 0.717) is 6.61 Å². The summed E-state index contributed by atoms with van der Waals surface area (Å²) in [5.41, 5.74) is 0. The van der Waals surface area contributed by atoms with Crippen molar-refractivity contribution in [1.29, 1.82) is 0 Å². The molecule has 0 amide bonds. The third-order valence-corrected chi connectivity index (χ3v) is 6.66. The molecule has 4 atom stereocenters. The minimum Gasteiger partial charge on any atom is -0.563 e. The fourth-order valence-electron chi connectivity index (χ4n) is 2.95. The van der Waals surface area contributed by atoms with Crippen molar-refractivity contribution in [3.63, 3.8) is 0 Å². The predicted octanol–water partition coefficient (Wildman–Crippen LogP) is -6.64. The van der Waals surface area contributed by atoms with Crippen LogP contribution < -0.4 is 138 Å². The van der Waals surface area contributed by atoms with E-state index in [1.54, 1.807) is 0 Å². The molecule has 0 aliphatic rings. The minimum atomic E-state index is -3.24. The van der Waals surface area contributed by atoms with Gasteiger partial charge in [-0.25, -0.2) is 0 Å². The SMILES string of the molecule is C.CCCCCCCCCCCCCCCCCCCO.O=[P+]([O-])O[P+](=O)[O-].O=[P+]([O-])O[P+](=O)[O-].[Na+].[Na+].[Na+].[Na+]. The van der Waals surface area contributed by atoms with E-state index in [0.717, 1.165) is 6.42 Å². The molecule has 0 aromatic carbocycles. The number of rotatable bonds is 21. The molecule has 11 nitrogen and oxygen atoms in total. The standard InChI is InChI=1S/C19H40O.CH4.4Na.2O5P2/c1-2-3-4-5-6-7-8-9-10-11-12-13-14-15-16-17-18-19-20;;;;;;2*1-6(2)5-7(3)4/h20H,2-19H2,1H3;1H4;;;;;;/q;;4*+1;;. The molecular weight excluding hydrogens is 632 g/mol. The second-order valence-corrected chi connectivity index (χ2v) is 10.5. The van der Waals surface area contributed by atoms with E-state index in [1.807, 2.05) is 0 Å². The second kappa shape index (κ2) is 54.6. The maximum Gasteiger partial charge on any atom is 1.00 e. The Hall–Kier alpha value is 4.12. The van der Waals surface area contributed by atoms with Crippen LogP contribution in [0.25, 0.3) is 0 Å². The Morgan fingerprint density at radius 2 is 0.641 bits per heavy atom. The first kappa shape index (κ1) is 62.0. The van der Waals surface area contributed by atoms with Crippen LogP contribution in [-0.2, 0) is 26.9 Å². The van der Waals surface area contributed by atoms with Crippen LogP contribution in [0, 0.1) is 0 Å². The first-order chi connectivity index (χ1) is 16.2. The van der Waals surface area contributed by atoms with E-state index in [4.69, 9.17) is 5.11 Å². The molecule has 4 unspecified atom stereocenters. The molecule has 0 rings (SSSR count). The number of hydrogen-bond donors (Lipinski definition) is 1. The van der Waals surface area contributed by atoms with Gasteiger partial charge in [-0.05, 0) is 24.7 Å². The maximum atomic E-state index is 9.24. The van der Waals surface area contributed by atoms with Crippen LogP contribution in [0.4, 0.5) is 0 Å². The molecule has 210 valence electrons. The van der Waals surface area contributed by atoms with Gasteiger partial charge in [-0.2, -0.15) is 0 Å². The topological polar surface area (TPSA) is 199 Å². The normalized spacial score (nSPS) is 10.5.